The number of alkyl carbamates (subject to hydrolysis) is 1. The number of amides is 3. The van der Waals surface area contributed by atoms with Crippen molar-refractivity contribution in [1.29, 1.82) is 0 Å². The van der Waals surface area contributed by atoms with Gasteiger partial charge in [-0.15, -0.1) is 0 Å². The molecule has 0 aliphatic carbocycles. The summed E-state index contributed by atoms with van der Waals surface area (Å²) in [6, 6.07) is 27.5. The predicted molar refractivity (Wildman–Crippen MR) is 200 cm³/mol. The van der Waals surface area contributed by atoms with Gasteiger partial charge in [0.25, 0.3) is 5.91 Å². The van der Waals surface area contributed by atoms with E-state index in [1.807, 2.05) is 105 Å². The number of nitrogens with one attached hydrogen (secondary N) is 2. The minimum atomic E-state index is -0.961. The van der Waals surface area contributed by atoms with Crippen molar-refractivity contribution in [3.63, 3.8) is 0 Å². The Morgan fingerprint density at radius 2 is 1.39 bits per heavy atom. The first kappa shape index (κ1) is 37.2. The number of carbonyl (C=O) groups is 3. The van der Waals surface area contributed by atoms with Crippen LogP contribution in [0.15, 0.2) is 91.0 Å². The van der Waals surface area contributed by atoms with Crippen molar-refractivity contribution < 1.29 is 19.1 Å². The normalized spacial score (nSPS) is 12.6. The average Bonchev–Trinajstić information content (AvgIpc) is 3.05. The molecule has 0 aromatic heterocycles. The number of nitrogens with zero attached hydrogens (tertiary/aromatic N) is 1. The Morgan fingerprint density at radius 3 is 2.06 bits per heavy atom. The van der Waals surface area contributed by atoms with Crippen molar-refractivity contribution in [1.82, 2.24) is 10.2 Å². The Balaban J connectivity index is 1.77. The lowest BCUT2D eigenvalue weighted by Gasteiger charge is -2.36. The molecule has 2 atom stereocenters. The largest absolute Gasteiger partial charge is 0.444 e. The first-order chi connectivity index (χ1) is 23.5. The third kappa shape index (κ3) is 10.9. The zero-order valence-corrected chi connectivity index (χ0v) is 30.1. The van der Waals surface area contributed by atoms with Crippen LogP contribution in [0.25, 0.3) is 10.8 Å². The van der Waals surface area contributed by atoms with Crippen molar-refractivity contribution in [2.75, 3.05) is 11.9 Å². The van der Waals surface area contributed by atoms with Gasteiger partial charge in [0.2, 0.25) is 5.91 Å². The number of rotatable bonds is 15. The Morgan fingerprint density at radius 1 is 0.755 bits per heavy atom. The highest BCUT2D eigenvalue weighted by molar-refractivity contribution is 6.00. The van der Waals surface area contributed by atoms with E-state index in [1.54, 1.807) is 25.7 Å². The van der Waals surface area contributed by atoms with Gasteiger partial charge in [0.1, 0.15) is 17.7 Å². The predicted octanol–water partition coefficient (Wildman–Crippen LogP) is 9.46. The van der Waals surface area contributed by atoms with Crippen LogP contribution in [0.1, 0.15) is 94.5 Å². The maximum Gasteiger partial charge on any atom is 0.408 e. The minimum absolute atomic E-state index is 0.248. The fourth-order valence-electron chi connectivity index (χ4n) is 6.29. The summed E-state index contributed by atoms with van der Waals surface area (Å²) >= 11 is 0. The number of hydrogen-bond donors (Lipinski definition) is 2. The van der Waals surface area contributed by atoms with E-state index in [0.717, 1.165) is 65.1 Å². The van der Waals surface area contributed by atoms with Gasteiger partial charge in [-0.05, 0) is 86.2 Å². The van der Waals surface area contributed by atoms with Gasteiger partial charge in [0, 0.05) is 18.7 Å². The molecule has 7 heteroatoms. The van der Waals surface area contributed by atoms with Crippen LogP contribution in [0.5, 0.6) is 0 Å². The molecule has 2 N–H and O–H groups in total. The van der Waals surface area contributed by atoms with Crippen molar-refractivity contribution in [3.05, 3.63) is 113 Å². The van der Waals surface area contributed by atoms with Gasteiger partial charge in [-0.2, -0.15) is 0 Å². The van der Waals surface area contributed by atoms with E-state index in [-0.39, 0.29) is 18.2 Å². The number of unbranched alkanes of at least 4 members (excludes halogenated alkanes) is 5. The molecule has 4 aromatic carbocycles. The van der Waals surface area contributed by atoms with Gasteiger partial charge in [0.15, 0.2) is 0 Å². The molecule has 0 aliphatic heterocycles. The molecule has 0 radical (unpaired) electrons. The number of benzene rings is 4. The van der Waals surface area contributed by atoms with Crippen LogP contribution < -0.4 is 10.6 Å². The Hall–Kier alpha value is -4.65. The molecule has 4 rings (SSSR count). The maximum atomic E-state index is 15.0. The fourth-order valence-corrected chi connectivity index (χ4v) is 6.29. The molecule has 2 unspecified atom stereocenters. The highest BCUT2D eigenvalue weighted by Gasteiger charge is 2.37. The summed E-state index contributed by atoms with van der Waals surface area (Å²) in [6.45, 7) is 11.9. The van der Waals surface area contributed by atoms with Crippen LogP contribution in [0.3, 0.4) is 0 Å². The lowest BCUT2D eigenvalue weighted by atomic mass is 9.92. The third-order valence-corrected chi connectivity index (χ3v) is 8.70. The van der Waals surface area contributed by atoms with E-state index in [1.165, 1.54) is 6.42 Å². The molecular weight excluding hydrogens is 610 g/mol. The monoisotopic (exact) mass is 663 g/mol. The molecular formula is C42H53N3O4. The van der Waals surface area contributed by atoms with E-state index in [2.05, 4.69) is 17.6 Å². The van der Waals surface area contributed by atoms with Crippen molar-refractivity contribution in [3.8, 4) is 0 Å². The van der Waals surface area contributed by atoms with E-state index >= 15 is 0 Å². The number of carbonyl (C=O) groups excluding carboxylic acids is 3. The van der Waals surface area contributed by atoms with Crippen molar-refractivity contribution >= 4 is 34.4 Å². The number of ether oxygens (including phenoxy) is 1. The molecule has 7 nitrogen and oxygen atoms in total. The van der Waals surface area contributed by atoms with Gasteiger partial charge >= 0.3 is 6.09 Å². The molecule has 0 spiro atoms. The third-order valence-electron chi connectivity index (χ3n) is 8.70. The number of aryl methyl sites for hydroxylation is 2. The number of anilines is 1. The highest BCUT2D eigenvalue weighted by atomic mass is 16.6. The molecule has 4 aromatic rings. The molecule has 0 saturated carbocycles. The van der Waals surface area contributed by atoms with Crippen LogP contribution in [0.2, 0.25) is 0 Å². The lowest BCUT2D eigenvalue weighted by Crippen LogP contribution is -2.53. The summed E-state index contributed by atoms with van der Waals surface area (Å²) in [7, 11) is 0. The van der Waals surface area contributed by atoms with Gasteiger partial charge in [-0.25, -0.2) is 4.79 Å². The molecule has 3 amide bonds. The Bertz CT molecular complexity index is 1680. The highest BCUT2D eigenvalue weighted by Crippen LogP contribution is 2.31. The summed E-state index contributed by atoms with van der Waals surface area (Å²) in [6.07, 6.45) is 5.72. The Labute approximate surface area is 292 Å². The second kappa shape index (κ2) is 17.7. The SMILES string of the molecule is CCCCCCCCN(C(=O)C(Cc1ccccc1)NC(=O)OC(C)(C)C)C(C(=O)Nc1ccc2ccccc2c1)c1c(C)cccc1C. The standard InChI is InChI=1S/C42H53N3O4/c1-7-8-9-10-11-17-27-45(40(47)36(28-32-21-13-12-14-22-32)44-41(48)49-42(4,5)6)38(37-30(2)19-18-20-31(37)3)39(46)43-35-26-25-33-23-15-16-24-34(33)29-35/h12-16,18-26,29,36,38H,7-11,17,27-28H2,1-6H3,(H,43,46)(H,44,48). The van der Waals surface area contributed by atoms with E-state index in [9.17, 15) is 14.4 Å². The average molecular weight is 664 g/mol. The Kier molecular flexibility index (Phi) is 13.4. The van der Waals surface area contributed by atoms with Crippen LogP contribution in [-0.4, -0.2) is 41.0 Å². The summed E-state index contributed by atoms with van der Waals surface area (Å²) in [5.74, 6) is -0.632. The van der Waals surface area contributed by atoms with Gasteiger partial charge in [0.05, 0.1) is 0 Å². The maximum absolute atomic E-state index is 15.0. The molecule has 0 heterocycles. The van der Waals surface area contributed by atoms with Crippen LogP contribution >= 0.6 is 0 Å². The van der Waals surface area contributed by atoms with Crippen LogP contribution in [0.4, 0.5) is 10.5 Å². The quantitative estimate of drug-likeness (QED) is 0.124. The lowest BCUT2D eigenvalue weighted by molar-refractivity contribution is -0.141. The summed E-state index contributed by atoms with van der Waals surface area (Å²) in [4.78, 5) is 44.5. The fraction of sp³-hybridized carbons (Fsp3) is 0.405. The summed E-state index contributed by atoms with van der Waals surface area (Å²) in [5.41, 5.74) is 3.41. The summed E-state index contributed by atoms with van der Waals surface area (Å²) in [5, 5.41) is 8.12. The minimum Gasteiger partial charge on any atom is -0.444 e. The molecule has 0 saturated heterocycles. The van der Waals surface area contributed by atoms with Crippen molar-refractivity contribution in [2.45, 2.75) is 104 Å². The topological polar surface area (TPSA) is 87.7 Å². The van der Waals surface area contributed by atoms with E-state index in [0.29, 0.717) is 12.2 Å². The second-order valence-corrected chi connectivity index (χ2v) is 13.9. The summed E-state index contributed by atoms with van der Waals surface area (Å²) < 4.78 is 5.62. The molecule has 0 fully saturated rings. The number of hydrogen-bond acceptors (Lipinski definition) is 4. The van der Waals surface area contributed by atoms with Crippen LogP contribution in [-0.2, 0) is 20.7 Å². The first-order valence-corrected chi connectivity index (χ1v) is 17.7. The van der Waals surface area contributed by atoms with Crippen molar-refractivity contribution in [2.24, 2.45) is 0 Å². The molecule has 0 aliphatic rings. The molecule has 0 bridgehead atoms. The zero-order chi connectivity index (χ0) is 35.4. The van der Waals surface area contributed by atoms with Gasteiger partial charge in [-0.1, -0.05) is 118 Å². The molecule has 260 valence electrons. The molecule has 49 heavy (non-hydrogen) atoms. The number of fused-ring (bicyclic) bond motifs is 1. The second-order valence-electron chi connectivity index (χ2n) is 13.9. The smallest absolute Gasteiger partial charge is 0.408 e. The van der Waals surface area contributed by atoms with Gasteiger partial charge < -0.3 is 20.3 Å². The van der Waals surface area contributed by atoms with Crippen LogP contribution in [0, 0.1) is 13.8 Å². The van der Waals surface area contributed by atoms with E-state index < -0.39 is 23.8 Å². The zero-order valence-electron chi connectivity index (χ0n) is 30.1. The van der Waals surface area contributed by atoms with Gasteiger partial charge in [-0.3, -0.25) is 9.59 Å². The first-order valence-electron chi connectivity index (χ1n) is 17.7. The van der Waals surface area contributed by atoms with E-state index in [4.69, 9.17) is 4.74 Å².